The molecule has 0 saturated carbocycles. The number of aryl methyl sites for hydroxylation is 1. The number of benzene rings is 1. The van der Waals surface area contributed by atoms with Crippen LogP contribution in [-0.2, 0) is 0 Å². The first-order valence-electron chi connectivity index (χ1n) is 14.6. The highest BCUT2D eigenvalue weighted by Gasteiger charge is 2.21. The van der Waals surface area contributed by atoms with E-state index in [1.807, 2.05) is 45.9 Å². The number of likely N-dealkylation sites (tertiary alicyclic amines) is 1. The van der Waals surface area contributed by atoms with Crippen LogP contribution in [-0.4, -0.2) is 35.7 Å². The van der Waals surface area contributed by atoms with Gasteiger partial charge in [0.05, 0.1) is 0 Å². The number of nitrogens with zero attached hydrogens (tertiary/aromatic N) is 1. The maximum Gasteiger partial charge on any atom is 0.0434 e. The van der Waals surface area contributed by atoms with Crippen LogP contribution in [0.25, 0.3) is 0 Å². The van der Waals surface area contributed by atoms with Crippen LogP contribution >= 0.6 is 0 Å². The second-order valence-corrected chi connectivity index (χ2v) is 10.1. The zero-order valence-corrected chi connectivity index (χ0v) is 25.2. The van der Waals surface area contributed by atoms with E-state index in [9.17, 15) is 0 Å². The van der Waals surface area contributed by atoms with Gasteiger partial charge in [0.25, 0.3) is 0 Å². The van der Waals surface area contributed by atoms with Gasteiger partial charge in [0.1, 0.15) is 0 Å². The number of allylic oxidation sites excluding steroid dienone is 11. The lowest BCUT2D eigenvalue weighted by Crippen LogP contribution is -2.37. The molecule has 0 bridgehead atoms. The highest BCUT2D eigenvalue weighted by Crippen LogP contribution is 2.28. The van der Waals surface area contributed by atoms with Crippen LogP contribution in [0, 0.1) is 6.92 Å². The minimum atomic E-state index is 0.218. The fourth-order valence-electron chi connectivity index (χ4n) is 4.71. The SMILES string of the molecule is CC.C\C=C/C(=C\C)C(=C/C1=CC=C(N)C=CC1)/CCCO.Cc1ccc(C2CCN(C(C)C)CC2)cc1. The first-order chi connectivity index (χ1) is 18.4. The second-order valence-electron chi connectivity index (χ2n) is 10.1. The van der Waals surface area contributed by atoms with Gasteiger partial charge in [-0.3, -0.25) is 0 Å². The molecular formula is C35H54N2O. The highest BCUT2D eigenvalue weighted by atomic mass is 16.2. The molecule has 1 aliphatic carbocycles. The maximum absolute atomic E-state index is 9.07. The molecule has 0 atom stereocenters. The van der Waals surface area contributed by atoms with Crippen LogP contribution in [0.15, 0.2) is 95.3 Å². The molecule has 0 spiro atoms. The summed E-state index contributed by atoms with van der Waals surface area (Å²) in [6.07, 6.45) is 21.7. The van der Waals surface area contributed by atoms with Gasteiger partial charge in [-0.1, -0.05) is 80.1 Å². The van der Waals surface area contributed by atoms with Crippen LogP contribution in [0.1, 0.15) is 90.7 Å². The Kier molecular flexibility index (Phi) is 17.1. The van der Waals surface area contributed by atoms with E-state index in [1.165, 1.54) is 53.8 Å². The van der Waals surface area contributed by atoms with Crippen molar-refractivity contribution in [2.24, 2.45) is 5.73 Å². The molecule has 3 nitrogen and oxygen atoms in total. The van der Waals surface area contributed by atoms with Crippen molar-refractivity contribution in [3.05, 3.63) is 106 Å². The lowest BCUT2D eigenvalue weighted by molar-refractivity contribution is 0.172. The number of hydrogen-bond acceptors (Lipinski definition) is 3. The molecule has 0 unspecified atom stereocenters. The monoisotopic (exact) mass is 518 g/mol. The third kappa shape index (κ3) is 12.3. The number of aliphatic hydroxyl groups excluding tert-OH is 1. The molecule has 3 rings (SSSR count). The van der Waals surface area contributed by atoms with E-state index in [0.717, 1.165) is 30.9 Å². The van der Waals surface area contributed by atoms with Crippen molar-refractivity contribution in [3.8, 4) is 0 Å². The molecule has 1 saturated heterocycles. The Morgan fingerprint density at radius 2 is 1.74 bits per heavy atom. The highest BCUT2D eigenvalue weighted by molar-refractivity contribution is 5.45. The van der Waals surface area contributed by atoms with Crippen molar-refractivity contribution in [3.63, 3.8) is 0 Å². The second kappa shape index (κ2) is 19.4. The summed E-state index contributed by atoms with van der Waals surface area (Å²) >= 11 is 0. The topological polar surface area (TPSA) is 49.5 Å². The normalized spacial score (nSPS) is 17.3. The van der Waals surface area contributed by atoms with E-state index >= 15 is 0 Å². The third-order valence-corrected chi connectivity index (χ3v) is 6.95. The smallest absolute Gasteiger partial charge is 0.0434 e. The van der Waals surface area contributed by atoms with Crippen molar-refractivity contribution in [2.45, 2.75) is 92.5 Å². The number of piperidine rings is 1. The molecule has 0 radical (unpaired) electrons. The molecule has 1 aromatic rings. The number of aliphatic hydroxyl groups is 1. The summed E-state index contributed by atoms with van der Waals surface area (Å²) in [5, 5.41) is 9.07. The van der Waals surface area contributed by atoms with Crippen molar-refractivity contribution >= 4 is 0 Å². The molecule has 1 fully saturated rings. The molecule has 0 amide bonds. The van der Waals surface area contributed by atoms with Crippen LogP contribution < -0.4 is 5.73 Å². The van der Waals surface area contributed by atoms with Crippen LogP contribution in [0.4, 0.5) is 0 Å². The largest absolute Gasteiger partial charge is 0.399 e. The van der Waals surface area contributed by atoms with Crippen LogP contribution in [0.2, 0.25) is 0 Å². The van der Waals surface area contributed by atoms with Crippen molar-refractivity contribution < 1.29 is 5.11 Å². The lowest BCUT2D eigenvalue weighted by atomic mass is 9.88. The van der Waals surface area contributed by atoms with Gasteiger partial charge in [-0.25, -0.2) is 0 Å². The summed E-state index contributed by atoms with van der Waals surface area (Å²) in [6.45, 7) is 17.6. The Balaban J connectivity index is 0.000000363. The molecule has 1 heterocycles. The van der Waals surface area contributed by atoms with Crippen molar-refractivity contribution in [2.75, 3.05) is 19.7 Å². The Labute approximate surface area is 234 Å². The Morgan fingerprint density at radius 3 is 2.29 bits per heavy atom. The molecule has 1 aromatic carbocycles. The fraction of sp³-hybridized carbons (Fsp3) is 0.486. The van der Waals surface area contributed by atoms with E-state index in [1.54, 1.807) is 0 Å². The van der Waals surface area contributed by atoms with Gasteiger partial charge in [-0.05, 0) is 120 Å². The van der Waals surface area contributed by atoms with E-state index < -0.39 is 0 Å². The van der Waals surface area contributed by atoms with E-state index in [0.29, 0.717) is 6.04 Å². The summed E-state index contributed by atoms with van der Waals surface area (Å²) in [5.74, 6) is 0.788. The summed E-state index contributed by atoms with van der Waals surface area (Å²) in [6, 6.07) is 9.81. The number of hydrogen-bond donors (Lipinski definition) is 2. The first-order valence-corrected chi connectivity index (χ1v) is 14.6. The Bertz CT molecular complexity index is 966. The number of rotatable bonds is 8. The molecule has 3 heteroatoms. The van der Waals surface area contributed by atoms with Crippen molar-refractivity contribution in [1.82, 2.24) is 4.90 Å². The zero-order valence-electron chi connectivity index (χ0n) is 25.2. The predicted octanol–water partition coefficient (Wildman–Crippen LogP) is 8.55. The predicted molar refractivity (Wildman–Crippen MR) is 168 cm³/mol. The van der Waals surface area contributed by atoms with Gasteiger partial charge in [0.2, 0.25) is 0 Å². The number of nitrogens with two attached hydrogens (primary N) is 1. The van der Waals surface area contributed by atoms with Gasteiger partial charge < -0.3 is 15.7 Å². The summed E-state index contributed by atoms with van der Waals surface area (Å²) in [7, 11) is 0. The quantitative estimate of drug-likeness (QED) is 0.339. The minimum absolute atomic E-state index is 0.218. The minimum Gasteiger partial charge on any atom is -0.399 e. The summed E-state index contributed by atoms with van der Waals surface area (Å²) in [5.41, 5.74) is 13.2. The Morgan fingerprint density at radius 1 is 1.08 bits per heavy atom. The van der Waals surface area contributed by atoms with Gasteiger partial charge in [0, 0.05) is 18.3 Å². The zero-order chi connectivity index (χ0) is 28.3. The molecule has 1 aliphatic heterocycles. The lowest BCUT2D eigenvalue weighted by Gasteiger charge is -2.34. The van der Waals surface area contributed by atoms with Crippen LogP contribution in [0.5, 0.6) is 0 Å². The average molecular weight is 519 g/mol. The van der Waals surface area contributed by atoms with E-state index in [4.69, 9.17) is 10.8 Å². The van der Waals surface area contributed by atoms with E-state index in [2.05, 4.69) is 80.3 Å². The summed E-state index contributed by atoms with van der Waals surface area (Å²) < 4.78 is 0. The molecule has 210 valence electrons. The standard InChI is InChI=1S/C18H25NO.C15H23N.C2H6/c1-3-7-16(4-2)17(9-6-13-20)14-15-8-5-10-18(19)12-11-15;1-12(2)16-10-8-15(9-11-16)14-6-4-13(3)5-7-14;1-2/h3-5,7,10-12,14,20H,6,8-9,13,19H2,1-2H3;4-7,12,15H,8-11H2,1-3H3;1-2H3/b7-3-,16-4+,17-14+;;. The van der Waals surface area contributed by atoms with E-state index in [-0.39, 0.29) is 6.61 Å². The van der Waals surface area contributed by atoms with Gasteiger partial charge >= 0.3 is 0 Å². The van der Waals surface area contributed by atoms with Crippen LogP contribution in [0.3, 0.4) is 0 Å². The van der Waals surface area contributed by atoms with Crippen molar-refractivity contribution in [1.29, 1.82) is 0 Å². The molecule has 2 aliphatic rings. The third-order valence-electron chi connectivity index (χ3n) is 6.95. The van der Waals surface area contributed by atoms with Gasteiger partial charge in [-0.15, -0.1) is 0 Å². The van der Waals surface area contributed by atoms with Gasteiger partial charge in [0.15, 0.2) is 0 Å². The average Bonchev–Trinajstić information content (AvgIpc) is 3.15. The maximum atomic E-state index is 9.07. The summed E-state index contributed by atoms with van der Waals surface area (Å²) in [4.78, 5) is 2.59. The Hall–Kier alpha value is -2.62. The molecule has 3 N–H and O–H groups in total. The fourth-order valence-corrected chi connectivity index (χ4v) is 4.71. The van der Waals surface area contributed by atoms with Gasteiger partial charge in [-0.2, -0.15) is 0 Å². The molecule has 38 heavy (non-hydrogen) atoms. The molecular weight excluding hydrogens is 464 g/mol. The first kappa shape index (κ1) is 33.4. The molecule has 0 aromatic heterocycles.